The highest BCUT2D eigenvalue weighted by molar-refractivity contribution is 5.78. The number of aliphatic hydroxyl groups is 1. The van der Waals surface area contributed by atoms with Gasteiger partial charge in [0.2, 0.25) is 0 Å². The lowest BCUT2D eigenvalue weighted by molar-refractivity contribution is 0.0286. The molecule has 0 aromatic carbocycles. The highest BCUT2D eigenvalue weighted by Gasteiger charge is 2.16. The van der Waals surface area contributed by atoms with Gasteiger partial charge in [0.1, 0.15) is 23.8 Å². The third-order valence-corrected chi connectivity index (χ3v) is 5.02. The lowest BCUT2D eigenvalue weighted by atomic mass is 10.1. The van der Waals surface area contributed by atoms with Crippen molar-refractivity contribution in [2.45, 2.75) is 26.4 Å². The molecule has 5 heterocycles. The molecular weight excluding hydrogens is 404 g/mol. The number of hydrogen-bond acceptors (Lipinski definition) is 6. The second kappa shape index (κ2) is 7.65. The molecule has 5 aromatic rings. The van der Waals surface area contributed by atoms with Gasteiger partial charge in [0, 0.05) is 35.1 Å². The van der Waals surface area contributed by atoms with E-state index in [9.17, 15) is 5.11 Å². The summed E-state index contributed by atoms with van der Waals surface area (Å²) in [6, 6.07) is 13.9. The Labute approximate surface area is 184 Å². The van der Waals surface area contributed by atoms with Gasteiger partial charge in [0.15, 0.2) is 5.82 Å². The molecule has 8 heteroatoms. The molecule has 0 atom stereocenters. The Morgan fingerprint density at radius 1 is 1.12 bits per heavy atom. The number of aryl methyl sites for hydroxylation is 1. The van der Waals surface area contributed by atoms with E-state index in [4.69, 9.17) is 4.74 Å². The molecule has 0 amide bonds. The van der Waals surface area contributed by atoms with Crippen molar-refractivity contribution in [1.29, 1.82) is 0 Å². The van der Waals surface area contributed by atoms with Gasteiger partial charge >= 0.3 is 0 Å². The Kier molecular flexibility index (Phi) is 4.79. The molecule has 0 saturated heterocycles. The molecule has 0 saturated carbocycles. The van der Waals surface area contributed by atoms with Crippen molar-refractivity contribution in [3.8, 4) is 16.9 Å². The summed E-state index contributed by atoms with van der Waals surface area (Å²) in [5, 5.41) is 19.0. The van der Waals surface area contributed by atoms with E-state index in [0.717, 1.165) is 39.2 Å². The van der Waals surface area contributed by atoms with Crippen LogP contribution in [-0.4, -0.2) is 41.9 Å². The maximum Gasteiger partial charge on any atom is 0.154 e. The molecule has 0 bridgehead atoms. The highest BCUT2D eigenvalue weighted by atomic mass is 16.5. The van der Waals surface area contributed by atoms with Crippen molar-refractivity contribution < 1.29 is 9.84 Å². The van der Waals surface area contributed by atoms with Gasteiger partial charge in [-0.05, 0) is 62.7 Å². The molecular formula is C24H24N6O2. The summed E-state index contributed by atoms with van der Waals surface area (Å²) in [4.78, 5) is 12.0. The number of rotatable bonds is 6. The number of anilines is 2. The fraction of sp³-hybridized carbons (Fsp3) is 0.208. The molecule has 3 N–H and O–H groups in total. The van der Waals surface area contributed by atoms with Crippen molar-refractivity contribution in [3.05, 3.63) is 66.7 Å². The van der Waals surface area contributed by atoms with Gasteiger partial charge in [0.05, 0.1) is 17.3 Å². The second-order valence-corrected chi connectivity index (χ2v) is 8.47. The van der Waals surface area contributed by atoms with Gasteiger partial charge < -0.3 is 20.1 Å². The van der Waals surface area contributed by atoms with Crippen molar-refractivity contribution in [2.24, 2.45) is 0 Å². The summed E-state index contributed by atoms with van der Waals surface area (Å²) in [6.45, 7) is 5.54. The minimum atomic E-state index is -0.935. The quantitative estimate of drug-likeness (QED) is 0.369. The SMILES string of the molecule is Cc1cc(-c2ccn3nc(Nc4ccc5cc[nH]c5n4)cc3c2)c(OCC(C)(C)O)cn1. The van der Waals surface area contributed by atoms with Crippen LogP contribution in [0.2, 0.25) is 0 Å². The number of hydrogen-bond donors (Lipinski definition) is 3. The van der Waals surface area contributed by atoms with Gasteiger partial charge in [-0.25, -0.2) is 9.50 Å². The first kappa shape index (κ1) is 20.0. The van der Waals surface area contributed by atoms with E-state index in [1.54, 1.807) is 20.0 Å². The normalized spacial score (nSPS) is 11.9. The number of H-pyrrole nitrogens is 1. The summed E-state index contributed by atoms with van der Waals surface area (Å²) in [7, 11) is 0. The number of nitrogens with one attached hydrogen (secondary N) is 2. The zero-order valence-electron chi connectivity index (χ0n) is 18.1. The molecule has 32 heavy (non-hydrogen) atoms. The lowest BCUT2D eigenvalue weighted by Gasteiger charge is -2.19. The number of nitrogens with zero attached hydrogens (tertiary/aromatic N) is 4. The molecule has 0 spiro atoms. The molecule has 162 valence electrons. The molecule has 8 nitrogen and oxygen atoms in total. The Morgan fingerprint density at radius 3 is 2.84 bits per heavy atom. The summed E-state index contributed by atoms with van der Waals surface area (Å²) in [6.07, 6.45) is 5.48. The Morgan fingerprint density at radius 2 is 2.00 bits per heavy atom. The smallest absolute Gasteiger partial charge is 0.154 e. The van der Waals surface area contributed by atoms with E-state index < -0.39 is 5.60 Å². The number of fused-ring (bicyclic) bond motifs is 2. The third-order valence-electron chi connectivity index (χ3n) is 5.02. The van der Waals surface area contributed by atoms with Crippen LogP contribution in [-0.2, 0) is 0 Å². The molecule has 0 aliphatic rings. The molecule has 0 aliphatic heterocycles. The predicted octanol–water partition coefficient (Wildman–Crippen LogP) is 4.47. The Balaban J connectivity index is 1.45. The van der Waals surface area contributed by atoms with E-state index in [2.05, 4.69) is 25.4 Å². The average Bonchev–Trinajstić information content (AvgIpc) is 3.37. The fourth-order valence-electron chi connectivity index (χ4n) is 3.50. The Hall–Kier alpha value is -3.91. The number of aromatic nitrogens is 5. The monoisotopic (exact) mass is 428 g/mol. The van der Waals surface area contributed by atoms with Crippen LogP contribution in [0.4, 0.5) is 11.6 Å². The highest BCUT2D eigenvalue weighted by Crippen LogP contribution is 2.32. The van der Waals surface area contributed by atoms with Crippen LogP contribution in [0.25, 0.3) is 27.7 Å². The van der Waals surface area contributed by atoms with Crippen LogP contribution >= 0.6 is 0 Å². The predicted molar refractivity (Wildman–Crippen MR) is 124 cm³/mol. The van der Waals surface area contributed by atoms with Crippen LogP contribution in [0.15, 0.2) is 61.1 Å². The minimum absolute atomic E-state index is 0.173. The molecule has 0 fully saturated rings. The van der Waals surface area contributed by atoms with E-state index in [1.165, 1.54) is 0 Å². The zero-order valence-corrected chi connectivity index (χ0v) is 18.1. The van der Waals surface area contributed by atoms with Crippen LogP contribution < -0.4 is 10.1 Å². The zero-order chi connectivity index (χ0) is 22.3. The van der Waals surface area contributed by atoms with Crippen molar-refractivity contribution in [2.75, 3.05) is 11.9 Å². The second-order valence-electron chi connectivity index (χ2n) is 8.47. The van der Waals surface area contributed by atoms with Gasteiger partial charge in [0.25, 0.3) is 0 Å². The van der Waals surface area contributed by atoms with E-state index in [-0.39, 0.29) is 6.61 Å². The molecule has 0 aliphatic carbocycles. The van der Waals surface area contributed by atoms with Gasteiger partial charge in [-0.1, -0.05) is 0 Å². The summed E-state index contributed by atoms with van der Waals surface area (Å²) in [5.74, 6) is 2.05. The topological polar surface area (TPSA) is 100 Å². The number of ether oxygens (including phenoxy) is 1. The van der Waals surface area contributed by atoms with Crippen LogP contribution in [0.3, 0.4) is 0 Å². The molecule has 0 unspecified atom stereocenters. The average molecular weight is 428 g/mol. The van der Waals surface area contributed by atoms with Crippen LogP contribution in [0.5, 0.6) is 5.75 Å². The summed E-state index contributed by atoms with van der Waals surface area (Å²) < 4.78 is 7.69. The summed E-state index contributed by atoms with van der Waals surface area (Å²) >= 11 is 0. The van der Waals surface area contributed by atoms with Gasteiger partial charge in [-0.2, -0.15) is 5.10 Å². The van der Waals surface area contributed by atoms with Gasteiger partial charge in [-0.15, -0.1) is 0 Å². The molecule has 5 aromatic heterocycles. The third kappa shape index (κ3) is 4.13. The standard InChI is InChI=1S/C24H24N6O2/c1-15-10-19(20(13-26-15)32-14-24(2,3)31)17-7-9-30-18(11-17)12-22(29-30)27-21-5-4-16-6-8-25-23(16)28-21/h4-13,31H,14H2,1-3H3,(H2,25,27,28,29). The number of aromatic amines is 1. The van der Waals surface area contributed by atoms with Crippen LogP contribution in [0.1, 0.15) is 19.5 Å². The van der Waals surface area contributed by atoms with Crippen molar-refractivity contribution in [1.82, 2.24) is 24.6 Å². The summed E-state index contributed by atoms with van der Waals surface area (Å²) in [5.41, 5.74) is 3.60. The largest absolute Gasteiger partial charge is 0.488 e. The Bertz CT molecular complexity index is 1410. The van der Waals surface area contributed by atoms with Gasteiger partial charge in [-0.3, -0.25) is 4.98 Å². The number of pyridine rings is 3. The van der Waals surface area contributed by atoms with E-state index in [0.29, 0.717) is 11.6 Å². The molecule has 5 rings (SSSR count). The first-order valence-corrected chi connectivity index (χ1v) is 10.4. The van der Waals surface area contributed by atoms with E-state index in [1.807, 2.05) is 66.3 Å². The van der Waals surface area contributed by atoms with Crippen molar-refractivity contribution in [3.63, 3.8) is 0 Å². The minimum Gasteiger partial charge on any atom is -0.488 e. The molecule has 0 radical (unpaired) electrons. The van der Waals surface area contributed by atoms with E-state index >= 15 is 0 Å². The maximum absolute atomic E-state index is 10.0. The lowest BCUT2D eigenvalue weighted by Crippen LogP contribution is -2.28. The van der Waals surface area contributed by atoms with Crippen molar-refractivity contribution >= 4 is 28.2 Å². The maximum atomic E-state index is 10.0. The first-order chi connectivity index (χ1) is 15.3. The fourth-order valence-corrected chi connectivity index (χ4v) is 3.50. The first-order valence-electron chi connectivity index (χ1n) is 10.4. The van der Waals surface area contributed by atoms with Crippen LogP contribution in [0, 0.1) is 6.92 Å².